The van der Waals surface area contributed by atoms with Gasteiger partial charge in [-0.05, 0) is 80.7 Å². The van der Waals surface area contributed by atoms with Gasteiger partial charge in [-0.2, -0.15) is 0 Å². The maximum absolute atomic E-state index is 12.1. The summed E-state index contributed by atoms with van der Waals surface area (Å²) in [5.41, 5.74) is 6.48. The average molecular weight is 405 g/mol. The van der Waals surface area contributed by atoms with Gasteiger partial charge in [0.15, 0.2) is 0 Å². The van der Waals surface area contributed by atoms with E-state index in [1.807, 2.05) is 43.3 Å². The van der Waals surface area contributed by atoms with Crippen LogP contribution in [0.3, 0.4) is 0 Å². The number of ether oxygens (including phenoxy) is 1. The van der Waals surface area contributed by atoms with Crippen LogP contribution in [0.5, 0.6) is 5.75 Å². The molecule has 0 saturated heterocycles. The Balaban J connectivity index is 1.95. The van der Waals surface area contributed by atoms with Crippen molar-refractivity contribution in [2.45, 2.75) is 67.2 Å². The molecule has 0 heterocycles. The molecule has 0 radical (unpaired) electrons. The summed E-state index contributed by atoms with van der Waals surface area (Å²) in [6.45, 7) is 13.0. The number of aryl methyl sites for hydroxylation is 1. The second-order valence-electron chi connectivity index (χ2n) is 8.84. The molecule has 0 aliphatic heterocycles. The van der Waals surface area contributed by atoms with Crippen molar-refractivity contribution in [1.29, 1.82) is 0 Å². The van der Waals surface area contributed by atoms with E-state index < -0.39 is 0 Å². The zero-order chi connectivity index (χ0) is 22.1. The van der Waals surface area contributed by atoms with Crippen LogP contribution in [0.15, 0.2) is 83.0 Å². The van der Waals surface area contributed by atoms with Crippen LogP contribution in [0.2, 0.25) is 0 Å². The van der Waals surface area contributed by atoms with Crippen LogP contribution >= 0.6 is 0 Å². The fraction of sp³-hybridized carbons (Fsp3) is 0.393. The minimum absolute atomic E-state index is 0.255. The zero-order valence-corrected chi connectivity index (χ0v) is 19.4. The Labute approximate surface area is 182 Å². The van der Waals surface area contributed by atoms with E-state index in [4.69, 9.17) is 4.74 Å². The first-order chi connectivity index (χ1) is 14.2. The van der Waals surface area contributed by atoms with Crippen LogP contribution in [-0.4, -0.2) is 5.97 Å². The van der Waals surface area contributed by atoms with Crippen LogP contribution in [0.25, 0.3) is 0 Å². The van der Waals surface area contributed by atoms with Crippen molar-refractivity contribution in [1.82, 2.24) is 0 Å². The van der Waals surface area contributed by atoms with E-state index in [1.54, 1.807) is 0 Å². The highest BCUT2D eigenvalue weighted by Gasteiger charge is 2.26. The monoisotopic (exact) mass is 404 g/mol. The van der Waals surface area contributed by atoms with Gasteiger partial charge in [-0.3, -0.25) is 0 Å². The molecule has 2 heteroatoms. The number of benzene rings is 1. The maximum atomic E-state index is 12.1. The van der Waals surface area contributed by atoms with Crippen LogP contribution in [0.1, 0.15) is 66.4 Å². The Hall–Kier alpha value is -2.61. The summed E-state index contributed by atoms with van der Waals surface area (Å²) in [6.07, 6.45) is 16.6. The molecular weight excluding hydrogens is 368 g/mol. The Morgan fingerprint density at radius 1 is 1.10 bits per heavy atom. The van der Waals surface area contributed by atoms with Gasteiger partial charge < -0.3 is 4.74 Å². The minimum Gasteiger partial charge on any atom is -0.423 e. The fourth-order valence-electron chi connectivity index (χ4n) is 3.81. The lowest BCUT2D eigenvalue weighted by Gasteiger charge is -2.32. The molecular formula is C28H36O2. The summed E-state index contributed by atoms with van der Waals surface area (Å²) < 4.78 is 5.37. The largest absolute Gasteiger partial charge is 0.423 e. The van der Waals surface area contributed by atoms with Crippen LogP contribution in [-0.2, 0) is 11.2 Å². The van der Waals surface area contributed by atoms with Gasteiger partial charge in [0.25, 0.3) is 0 Å². The molecule has 0 N–H and O–H groups in total. The average Bonchev–Trinajstić information content (AvgIpc) is 2.67. The minimum atomic E-state index is -0.357. The highest BCUT2D eigenvalue weighted by Crippen LogP contribution is 2.40. The van der Waals surface area contributed by atoms with Gasteiger partial charge in [-0.1, -0.05) is 74.4 Å². The van der Waals surface area contributed by atoms with Gasteiger partial charge in [-0.15, -0.1) is 0 Å². The highest BCUT2D eigenvalue weighted by molar-refractivity contribution is 5.85. The first-order valence-corrected chi connectivity index (χ1v) is 10.9. The van der Waals surface area contributed by atoms with Crippen molar-refractivity contribution in [3.8, 4) is 5.75 Å². The van der Waals surface area contributed by atoms with Gasteiger partial charge in [0.1, 0.15) is 5.75 Å². The van der Waals surface area contributed by atoms with Crippen LogP contribution in [0.4, 0.5) is 0 Å². The SMILES string of the molecule is CCc1ccc(OC(=O)/C=C(C)/C=C/C=C(C)/C=C/C2=C(C)CCCC2(C)C)cc1. The fourth-order valence-corrected chi connectivity index (χ4v) is 3.81. The topological polar surface area (TPSA) is 26.3 Å². The van der Waals surface area contributed by atoms with Gasteiger partial charge in [0, 0.05) is 6.08 Å². The van der Waals surface area contributed by atoms with Crippen LogP contribution in [0, 0.1) is 5.41 Å². The molecule has 0 bridgehead atoms. The van der Waals surface area contributed by atoms with Crippen molar-refractivity contribution in [3.63, 3.8) is 0 Å². The van der Waals surface area contributed by atoms with Crippen LogP contribution < -0.4 is 4.74 Å². The lowest BCUT2D eigenvalue weighted by atomic mass is 9.72. The molecule has 2 nitrogen and oxygen atoms in total. The number of hydrogen-bond acceptors (Lipinski definition) is 2. The molecule has 1 aromatic carbocycles. The molecule has 1 aliphatic carbocycles. The normalized spacial score (nSPS) is 17.8. The molecule has 30 heavy (non-hydrogen) atoms. The third-order valence-electron chi connectivity index (χ3n) is 5.67. The second-order valence-corrected chi connectivity index (χ2v) is 8.84. The number of carbonyl (C=O) groups excluding carboxylic acids is 1. The van der Waals surface area contributed by atoms with Crippen molar-refractivity contribution >= 4 is 5.97 Å². The lowest BCUT2D eigenvalue weighted by Crippen LogP contribution is -2.19. The van der Waals surface area contributed by atoms with E-state index >= 15 is 0 Å². The van der Waals surface area contributed by atoms with Gasteiger partial charge in [-0.25, -0.2) is 4.79 Å². The molecule has 0 aromatic heterocycles. The van der Waals surface area contributed by atoms with Crippen molar-refractivity contribution in [2.75, 3.05) is 0 Å². The van der Waals surface area contributed by atoms with Crippen molar-refractivity contribution in [2.24, 2.45) is 5.41 Å². The second kappa shape index (κ2) is 11.0. The quantitative estimate of drug-likeness (QED) is 0.201. The molecule has 0 amide bonds. The number of rotatable bonds is 7. The Morgan fingerprint density at radius 2 is 1.80 bits per heavy atom. The van der Waals surface area contributed by atoms with Crippen molar-refractivity contribution in [3.05, 3.63) is 88.6 Å². The summed E-state index contributed by atoms with van der Waals surface area (Å²) in [5.74, 6) is 0.213. The molecule has 0 fully saturated rings. The molecule has 1 aliphatic rings. The summed E-state index contributed by atoms with van der Waals surface area (Å²) in [6, 6.07) is 7.62. The lowest BCUT2D eigenvalue weighted by molar-refractivity contribution is -0.129. The standard InChI is InChI=1S/C28H36O2/c1-7-24-14-16-25(17-15-24)30-27(29)20-22(3)11-8-10-21(2)13-18-26-23(4)12-9-19-28(26,5)6/h8,10-11,13-18,20H,7,9,12,19H2,1-6H3/b11-8+,18-13+,21-10+,22-20+. The third-order valence-corrected chi connectivity index (χ3v) is 5.67. The number of hydrogen-bond donors (Lipinski definition) is 0. The highest BCUT2D eigenvalue weighted by atomic mass is 16.5. The molecule has 0 spiro atoms. The predicted molar refractivity (Wildman–Crippen MR) is 128 cm³/mol. The zero-order valence-electron chi connectivity index (χ0n) is 19.4. The van der Waals surface area contributed by atoms with E-state index in [1.165, 1.54) is 47.6 Å². The van der Waals surface area contributed by atoms with Gasteiger partial charge >= 0.3 is 5.97 Å². The Kier molecular flexibility index (Phi) is 8.65. The molecule has 160 valence electrons. The third kappa shape index (κ3) is 7.33. The molecule has 2 rings (SSSR count). The van der Waals surface area contributed by atoms with E-state index in [0.29, 0.717) is 5.75 Å². The Morgan fingerprint density at radius 3 is 2.43 bits per heavy atom. The van der Waals surface area contributed by atoms with E-state index in [9.17, 15) is 4.79 Å². The summed E-state index contributed by atoms with van der Waals surface area (Å²) in [4.78, 5) is 12.1. The Bertz CT molecular complexity index is 887. The van der Waals surface area contributed by atoms with Crippen molar-refractivity contribution < 1.29 is 9.53 Å². The van der Waals surface area contributed by atoms with E-state index in [0.717, 1.165) is 12.0 Å². The molecule has 1 aromatic rings. The van der Waals surface area contributed by atoms with Gasteiger partial charge in [0.2, 0.25) is 0 Å². The first kappa shape index (κ1) is 23.7. The van der Waals surface area contributed by atoms with E-state index in [-0.39, 0.29) is 11.4 Å². The van der Waals surface area contributed by atoms with E-state index in [2.05, 4.69) is 52.8 Å². The summed E-state index contributed by atoms with van der Waals surface area (Å²) in [5, 5.41) is 0. The molecule has 0 unspecified atom stereocenters. The maximum Gasteiger partial charge on any atom is 0.336 e. The first-order valence-electron chi connectivity index (χ1n) is 10.9. The number of esters is 1. The van der Waals surface area contributed by atoms with Gasteiger partial charge in [0.05, 0.1) is 0 Å². The summed E-state index contributed by atoms with van der Waals surface area (Å²) >= 11 is 0. The molecule has 0 saturated carbocycles. The summed E-state index contributed by atoms with van der Waals surface area (Å²) in [7, 11) is 0. The number of carbonyl (C=O) groups is 1. The molecule has 0 atom stereocenters. The predicted octanol–water partition coefficient (Wildman–Crippen LogP) is 7.69. The number of allylic oxidation sites excluding steroid dienone is 9. The smallest absolute Gasteiger partial charge is 0.336 e.